The van der Waals surface area contributed by atoms with E-state index in [4.69, 9.17) is 28.4 Å². The van der Waals surface area contributed by atoms with Gasteiger partial charge in [-0.15, -0.1) is 18.5 Å². The third-order valence-electron chi connectivity index (χ3n) is 11.9. The smallest absolute Gasteiger partial charge is 0.172 e. The number of hydrogen-bond acceptors (Lipinski definition) is 6. The number of benzene rings is 1. The molecule has 8 heterocycles. The standard InChI is InChI=1S/C32H48O6P2/c1-24(2,3)19-10-11-20(31(17-39)25(4)13-22-33-27(31,6)15-29(8,35-22)37-25)21(12-19)32(18-40)26(5)14-23-34-28(32,7)16-30(9,36-23)38-26/h10-12,22-23H,13-18,39-40H2,1-9H3. The number of hydrogen-bond donors (Lipinski definition) is 0. The second-order valence-electron chi connectivity index (χ2n) is 15.7. The summed E-state index contributed by atoms with van der Waals surface area (Å²) in [4.78, 5) is 0. The monoisotopic (exact) mass is 590 g/mol. The molecule has 0 aliphatic carbocycles. The lowest BCUT2D eigenvalue weighted by atomic mass is 9.47. The van der Waals surface area contributed by atoms with Crippen LogP contribution in [0.4, 0.5) is 0 Å². The van der Waals surface area contributed by atoms with Gasteiger partial charge >= 0.3 is 0 Å². The maximum absolute atomic E-state index is 7.04. The van der Waals surface area contributed by atoms with Crippen molar-refractivity contribution in [1.82, 2.24) is 0 Å². The largest absolute Gasteiger partial charge is 0.345 e. The summed E-state index contributed by atoms with van der Waals surface area (Å²) in [5, 5.41) is 0. The zero-order valence-electron chi connectivity index (χ0n) is 25.7. The highest BCUT2D eigenvalue weighted by Crippen LogP contribution is 2.70. The molecule has 0 saturated carbocycles. The minimum atomic E-state index is -0.660. The zero-order valence-corrected chi connectivity index (χ0v) is 28.0. The van der Waals surface area contributed by atoms with Crippen LogP contribution in [0.25, 0.3) is 0 Å². The van der Waals surface area contributed by atoms with Crippen molar-refractivity contribution in [3.63, 3.8) is 0 Å². The summed E-state index contributed by atoms with van der Waals surface area (Å²) >= 11 is 0. The van der Waals surface area contributed by atoms with Crippen LogP contribution >= 0.6 is 18.5 Å². The molecule has 0 N–H and O–H groups in total. The quantitative estimate of drug-likeness (QED) is 0.397. The van der Waals surface area contributed by atoms with Gasteiger partial charge in [0, 0.05) is 25.7 Å². The summed E-state index contributed by atoms with van der Waals surface area (Å²) in [7, 11) is 6.19. The molecule has 8 heteroatoms. The van der Waals surface area contributed by atoms with E-state index in [1.54, 1.807) is 0 Å². The van der Waals surface area contributed by atoms with Crippen LogP contribution in [0.2, 0.25) is 0 Å². The Morgan fingerprint density at radius 1 is 0.675 bits per heavy atom. The molecule has 0 amide bonds. The van der Waals surface area contributed by atoms with Gasteiger partial charge in [-0.3, -0.25) is 0 Å². The molecule has 8 aliphatic rings. The van der Waals surface area contributed by atoms with Crippen molar-refractivity contribution >= 4 is 18.5 Å². The Labute approximate surface area is 244 Å². The third kappa shape index (κ3) is 3.19. The first-order valence-corrected chi connectivity index (χ1v) is 16.7. The Hall–Kier alpha value is -0.160. The van der Waals surface area contributed by atoms with Crippen LogP contribution in [0.15, 0.2) is 18.2 Å². The first kappa shape index (κ1) is 28.6. The highest BCUT2D eigenvalue weighted by molar-refractivity contribution is 7.16. The van der Waals surface area contributed by atoms with Gasteiger partial charge in [0.15, 0.2) is 24.2 Å². The van der Waals surface area contributed by atoms with Crippen molar-refractivity contribution in [2.75, 3.05) is 12.3 Å². The lowest BCUT2D eigenvalue weighted by Crippen LogP contribution is -2.83. The Bertz CT molecular complexity index is 1230. The summed E-state index contributed by atoms with van der Waals surface area (Å²) in [6, 6.07) is 7.21. The zero-order chi connectivity index (χ0) is 29.0. The van der Waals surface area contributed by atoms with Crippen LogP contribution in [0, 0.1) is 0 Å². The van der Waals surface area contributed by atoms with Crippen LogP contribution in [-0.2, 0) is 44.7 Å². The molecular formula is C32H48O6P2. The van der Waals surface area contributed by atoms with Crippen molar-refractivity contribution < 1.29 is 28.4 Å². The average Bonchev–Trinajstić information content (AvgIpc) is 2.75. The summed E-state index contributed by atoms with van der Waals surface area (Å²) in [5.74, 6) is -1.32. The topological polar surface area (TPSA) is 55.4 Å². The molecule has 6 nitrogen and oxygen atoms in total. The molecule has 8 aliphatic heterocycles. The molecule has 40 heavy (non-hydrogen) atoms. The molecule has 1 aromatic carbocycles. The van der Waals surface area contributed by atoms with Crippen LogP contribution in [0.3, 0.4) is 0 Å². The van der Waals surface area contributed by atoms with Gasteiger partial charge in [-0.25, -0.2) is 0 Å². The fraction of sp³-hybridized carbons (Fsp3) is 0.812. The summed E-state index contributed by atoms with van der Waals surface area (Å²) in [5.41, 5.74) is 1.04. The predicted octanol–water partition coefficient (Wildman–Crippen LogP) is 6.07. The molecule has 1 aromatic rings. The van der Waals surface area contributed by atoms with E-state index >= 15 is 0 Å². The molecule has 8 bridgehead atoms. The van der Waals surface area contributed by atoms with Gasteiger partial charge in [-0.2, -0.15) is 0 Å². The van der Waals surface area contributed by atoms with Crippen LogP contribution < -0.4 is 0 Å². The van der Waals surface area contributed by atoms with Gasteiger partial charge in [0.05, 0.1) is 33.2 Å². The Morgan fingerprint density at radius 2 is 1.12 bits per heavy atom. The molecule has 12 unspecified atom stereocenters. The average molecular weight is 591 g/mol. The second-order valence-corrected chi connectivity index (χ2v) is 16.5. The highest BCUT2D eigenvalue weighted by atomic mass is 31.0. The van der Waals surface area contributed by atoms with Crippen molar-refractivity contribution in [2.24, 2.45) is 0 Å². The lowest BCUT2D eigenvalue weighted by Gasteiger charge is -2.74. The Balaban J connectivity index is 1.55. The van der Waals surface area contributed by atoms with Gasteiger partial charge in [0.25, 0.3) is 0 Å². The molecule has 12 atom stereocenters. The van der Waals surface area contributed by atoms with Gasteiger partial charge in [0.2, 0.25) is 0 Å². The molecule has 8 saturated heterocycles. The molecule has 0 aromatic heterocycles. The third-order valence-corrected chi connectivity index (χ3v) is 13.1. The molecule has 0 spiro atoms. The van der Waals surface area contributed by atoms with E-state index < -0.39 is 44.8 Å². The van der Waals surface area contributed by atoms with Crippen LogP contribution in [-0.4, -0.2) is 58.9 Å². The molecular weight excluding hydrogens is 542 g/mol. The first-order chi connectivity index (χ1) is 18.4. The summed E-state index contributed by atoms with van der Waals surface area (Å²) in [6.07, 6.45) is 3.79. The minimum Gasteiger partial charge on any atom is -0.345 e. The number of ether oxygens (including phenoxy) is 6. The normalized spacial score (nSPS) is 54.4. The van der Waals surface area contributed by atoms with Crippen LogP contribution in [0.1, 0.15) is 105 Å². The number of rotatable bonds is 4. The van der Waals surface area contributed by atoms with Crippen LogP contribution in [0.5, 0.6) is 0 Å². The lowest BCUT2D eigenvalue weighted by molar-refractivity contribution is -0.501. The van der Waals surface area contributed by atoms with Gasteiger partial charge < -0.3 is 28.4 Å². The highest BCUT2D eigenvalue weighted by Gasteiger charge is 2.78. The van der Waals surface area contributed by atoms with E-state index in [1.165, 1.54) is 16.7 Å². The van der Waals surface area contributed by atoms with Gasteiger partial charge in [0.1, 0.15) is 0 Å². The maximum atomic E-state index is 7.04. The molecule has 0 radical (unpaired) electrons. The molecule has 222 valence electrons. The van der Waals surface area contributed by atoms with E-state index in [9.17, 15) is 0 Å². The fourth-order valence-corrected chi connectivity index (χ4v) is 12.8. The van der Waals surface area contributed by atoms with Gasteiger partial charge in [-0.05, 0) is 76.0 Å². The molecule has 9 rings (SSSR count). The fourth-order valence-electron chi connectivity index (χ4n) is 10.6. The van der Waals surface area contributed by atoms with E-state index in [0.29, 0.717) is 25.7 Å². The van der Waals surface area contributed by atoms with E-state index in [1.807, 2.05) is 0 Å². The summed E-state index contributed by atoms with van der Waals surface area (Å²) < 4.78 is 40.4. The van der Waals surface area contributed by atoms with E-state index in [2.05, 4.69) is 99.0 Å². The van der Waals surface area contributed by atoms with Crippen molar-refractivity contribution in [2.45, 2.75) is 151 Å². The predicted molar refractivity (Wildman–Crippen MR) is 161 cm³/mol. The van der Waals surface area contributed by atoms with Crippen molar-refractivity contribution in [3.8, 4) is 0 Å². The maximum Gasteiger partial charge on any atom is 0.172 e. The second kappa shape index (κ2) is 7.91. The Kier molecular flexibility index (Phi) is 5.66. The molecule has 8 fully saturated rings. The van der Waals surface area contributed by atoms with E-state index in [-0.39, 0.29) is 18.0 Å². The summed E-state index contributed by atoms with van der Waals surface area (Å²) in [6.45, 7) is 20.2. The van der Waals surface area contributed by atoms with Crippen molar-refractivity contribution in [1.29, 1.82) is 0 Å². The Morgan fingerprint density at radius 3 is 1.50 bits per heavy atom. The van der Waals surface area contributed by atoms with E-state index in [0.717, 1.165) is 12.3 Å². The first-order valence-electron chi connectivity index (χ1n) is 15.0. The van der Waals surface area contributed by atoms with Crippen molar-refractivity contribution in [3.05, 3.63) is 34.9 Å². The minimum absolute atomic E-state index is 0.0276. The van der Waals surface area contributed by atoms with Gasteiger partial charge in [-0.1, -0.05) is 39.0 Å². The SMILES string of the molecule is CC12CC3(C)OC(CC(C)(O1)C3(CP)c1ccc(C(C)(C)C)cc1C1(CP)C3(C)CC4(C)OC(CC1(C)O4)O3)O2.